The average molecular weight is 370 g/mol. The van der Waals surface area contributed by atoms with Gasteiger partial charge in [0, 0.05) is 37.6 Å². The zero-order valence-electron chi connectivity index (χ0n) is 14.7. The maximum absolute atomic E-state index is 12.3. The predicted molar refractivity (Wildman–Crippen MR) is 101 cm³/mol. The second-order valence-electron chi connectivity index (χ2n) is 5.92. The normalized spacial score (nSPS) is 16.6. The lowest BCUT2D eigenvalue weighted by molar-refractivity contribution is -0.120. The van der Waals surface area contributed by atoms with Crippen molar-refractivity contribution < 1.29 is 14.3 Å². The Morgan fingerprint density at radius 2 is 2.20 bits per heavy atom. The molecule has 1 fully saturated rings. The second kappa shape index (κ2) is 11.8. The number of nitrogens with one attached hydrogen (secondary N) is 3. The van der Waals surface area contributed by atoms with Crippen molar-refractivity contribution in [2.45, 2.75) is 26.2 Å². The zero-order chi connectivity index (χ0) is 17.2. The molecule has 0 bridgehead atoms. The van der Waals surface area contributed by atoms with E-state index in [1.54, 1.807) is 24.3 Å². The molecule has 1 aliphatic heterocycles. The number of piperidine rings is 1. The van der Waals surface area contributed by atoms with E-state index in [0.717, 1.165) is 25.8 Å². The highest BCUT2D eigenvalue weighted by Crippen LogP contribution is 2.15. The lowest BCUT2D eigenvalue weighted by Crippen LogP contribution is -2.37. The number of benzene rings is 1. The third-order valence-corrected chi connectivity index (χ3v) is 4.02. The molecule has 1 unspecified atom stereocenters. The van der Waals surface area contributed by atoms with Crippen LogP contribution in [0.1, 0.15) is 36.5 Å². The average Bonchev–Trinajstić information content (AvgIpc) is 2.62. The Balaban J connectivity index is 0.00000312. The van der Waals surface area contributed by atoms with Crippen molar-refractivity contribution in [2.75, 3.05) is 38.2 Å². The number of rotatable bonds is 8. The van der Waals surface area contributed by atoms with Crippen LogP contribution < -0.4 is 16.0 Å². The fourth-order valence-electron chi connectivity index (χ4n) is 2.68. The van der Waals surface area contributed by atoms with Gasteiger partial charge in [0.05, 0.1) is 5.92 Å². The first-order valence-corrected chi connectivity index (χ1v) is 8.68. The fraction of sp³-hybridized carbons (Fsp3) is 0.556. The van der Waals surface area contributed by atoms with E-state index < -0.39 is 0 Å². The molecule has 25 heavy (non-hydrogen) atoms. The first kappa shape index (κ1) is 21.4. The molecular formula is C18H28ClN3O3. The summed E-state index contributed by atoms with van der Waals surface area (Å²) < 4.78 is 5.24. The van der Waals surface area contributed by atoms with Gasteiger partial charge in [0.25, 0.3) is 5.91 Å². The minimum absolute atomic E-state index is 0. The van der Waals surface area contributed by atoms with Crippen LogP contribution in [0.3, 0.4) is 0 Å². The fourth-order valence-corrected chi connectivity index (χ4v) is 2.68. The minimum Gasteiger partial charge on any atom is -0.382 e. The largest absolute Gasteiger partial charge is 0.382 e. The van der Waals surface area contributed by atoms with Crippen LogP contribution in [0, 0.1) is 5.92 Å². The van der Waals surface area contributed by atoms with Gasteiger partial charge in [-0.3, -0.25) is 9.59 Å². The van der Waals surface area contributed by atoms with Crippen LogP contribution in [0.25, 0.3) is 0 Å². The Labute approximate surface area is 155 Å². The van der Waals surface area contributed by atoms with E-state index >= 15 is 0 Å². The molecule has 0 saturated carbocycles. The monoisotopic (exact) mass is 369 g/mol. The van der Waals surface area contributed by atoms with Gasteiger partial charge in [0.2, 0.25) is 5.91 Å². The molecule has 0 radical (unpaired) electrons. The van der Waals surface area contributed by atoms with E-state index in [9.17, 15) is 9.59 Å². The number of amides is 2. The Hall–Kier alpha value is -1.63. The van der Waals surface area contributed by atoms with Gasteiger partial charge in [-0.25, -0.2) is 0 Å². The lowest BCUT2D eigenvalue weighted by atomic mass is 9.98. The van der Waals surface area contributed by atoms with Crippen molar-refractivity contribution in [1.82, 2.24) is 10.6 Å². The number of carbonyl (C=O) groups excluding carboxylic acids is 2. The molecule has 3 N–H and O–H groups in total. The van der Waals surface area contributed by atoms with Gasteiger partial charge >= 0.3 is 0 Å². The van der Waals surface area contributed by atoms with Crippen molar-refractivity contribution in [3.05, 3.63) is 29.8 Å². The highest BCUT2D eigenvalue weighted by Gasteiger charge is 2.21. The maximum Gasteiger partial charge on any atom is 0.251 e. The summed E-state index contributed by atoms with van der Waals surface area (Å²) in [6, 6.07) is 7.05. The number of carbonyl (C=O) groups is 2. The van der Waals surface area contributed by atoms with Crippen molar-refractivity contribution in [2.24, 2.45) is 5.92 Å². The standard InChI is InChI=1S/C18H27N3O3.ClH/c1-2-24-11-5-10-20-17(22)14-6-3-8-16(12-14)21-18(23)15-7-4-9-19-13-15;/h3,6,8,12,15,19H,2,4-5,7,9-11,13H2,1H3,(H,20,22)(H,21,23);1H. The number of halogens is 1. The van der Waals surface area contributed by atoms with Crippen LogP contribution in [0.15, 0.2) is 24.3 Å². The molecule has 7 heteroatoms. The van der Waals surface area contributed by atoms with Gasteiger partial charge in [-0.15, -0.1) is 12.4 Å². The van der Waals surface area contributed by atoms with E-state index in [-0.39, 0.29) is 30.1 Å². The molecule has 1 heterocycles. The van der Waals surface area contributed by atoms with Crippen LogP contribution in [0.5, 0.6) is 0 Å². The molecule has 1 saturated heterocycles. The summed E-state index contributed by atoms with van der Waals surface area (Å²) in [5.41, 5.74) is 1.21. The van der Waals surface area contributed by atoms with Gasteiger partial charge in [-0.2, -0.15) is 0 Å². The molecule has 1 aliphatic rings. The molecule has 1 aromatic carbocycles. The van der Waals surface area contributed by atoms with Gasteiger partial charge in [0.15, 0.2) is 0 Å². The summed E-state index contributed by atoms with van der Waals surface area (Å²) >= 11 is 0. The molecule has 6 nitrogen and oxygen atoms in total. The van der Waals surface area contributed by atoms with Crippen LogP contribution in [-0.2, 0) is 9.53 Å². The highest BCUT2D eigenvalue weighted by molar-refractivity contribution is 5.97. The Morgan fingerprint density at radius 3 is 2.92 bits per heavy atom. The summed E-state index contributed by atoms with van der Waals surface area (Å²) in [4.78, 5) is 24.4. The van der Waals surface area contributed by atoms with E-state index in [4.69, 9.17) is 4.74 Å². The van der Waals surface area contributed by atoms with Crippen LogP contribution in [-0.4, -0.2) is 44.7 Å². The molecule has 0 spiro atoms. The van der Waals surface area contributed by atoms with Crippen LogP contribution in [0.2, 0.25) is 0 Å². The number of hydrogen-bond donors (Lipinski definition) is 3. The van der Waals surface area contributed by atoms with E-state index in [1.807, 2.05) is 6.92 Å². The van der Waals surface area contributed by atoms with Gasteiger partial charge in [-0.05, 0) is 50.9 Å². The lowest BCUT2D eigenvalue weighted by Gasteiger charge is -2.22. The van der Waals surface area contributed by atoms with Gasteiger partial charge in [0.1, 0.15) is 0 Å². The van der Waals surface area contributed by atoms with Crippen molar-refractivity contribution in [1.29, 1.82) is 0 Å². The number of ether oxygens (including phenoxy) is 1. The smallest absolute Gasteiger partial charge is 0.251 e. The summed E-state index contributed by atoms with van der Waals surface area (Å²) in [5.74, 6) is -0.131. The first-order chi connectivity index (χ1) is 11.7. The SMILES string of the molecule is CCOCCCNC(=O)c1cccc(NC(=O)C2CCCNC2)c1.Cl. The molecule has 0 aromatic heterocycles. The summed E-state index contributed by atoms with van der Waals surface area (Å²) in [7, 11) is 0. The van der Waals surface area contributed by atoms with Gasteiger partial charge in [-0.1, -0.05) is 6.07 Å². The predicted octanol–water partition coefficient (Wildman–Crippen LogP) is 2.20. The molecule has 2 amide bonds. The quantitative estimate of drug-likeness (QED) is 0.614. The minimum atomic E-state index is -0.137. The third-order valence-electron chi connectivity index (χ3n) is 4.02. The molecular weight excluding hydrogens is 342 g/mol. The summed E-state index contributed by atoms with van der Waals surface area (Å²) in [5, 5.41) is 9.01. The van der Waals surface area contributed by atoms with E-state index in [2.05, 4.69) is 16.0 Å². The molecule has 140 valence electrons. The topological polar surface area (TPSA) is 79.5 Å². The second-order valence-corrected chi connectivity index (χ2v) is 5.92. The summed E-state index contributed by atoms with van der Waals surface area (Å²) in [6.07, 6.45) is 2.70. The third kappa shape index (κ3) is 7.42. The first-order valence-electron chi connectivity index (χ1n) is 8.68. The zero-order valence-corrected chi connectivity index (χ0v) is 15.5. The van der Waals surface area contributed by atoms with E-state index in [1.165, 1.54) is 0 Å². The van der Waals surface area contributed by atoms with Crippen LogP contribution in [0.4, 0.5) is 5.69 Å². The van der Waals surface area contributed by atoms with Crippen molar-refractivity contribution in [3.63, 3.8) is 0 Å². The number of hydrogen-bond acceptors (Lipinski definition) is 4. The van der Waals surface area contributed by atoms with Crippen molar-refractivity contribution in [3.8, 4) is 0 Å². The molecule has 0 aliphatic carbocycles. The van der Waals surface area contributed by atoms with E-state index in [0.29, 0.717) is 37.6 Å². The Bertz CT molecular complexity index is 548. The molecule has 2 rings (SSSR count). The van der Waals surface area contributed by atoms with Crippen LogP contribution >= 0.6 is 12.4 Å². The van der Waals surface area contributed by atoms with Crippen molar-refractivity contribution >= 4 is 29.9 Å². The Morgan fingerprint density at radius 1 is 1.36 bits per heavy atom. The number of anilines is 1. The summed E-state index contributed by atoms with van der Waals surface area (Å²) in [6.45, 7) is 5.54. The molecule has 1 aromatic rings. The van der Waals surface area contributed by atoms with Gasteiger partial charge < -0.3 is 20.7 Å². The highest BCUT2D eigenvalue weighted by atomic mass is 35.5. The Kier molecular flexibility index (Phi) is 10.1. The molecule has 1 atom stereocenters. The maximum atomic E-state index is 12.3.